The van der Waals surface area contributed by atoms with Gasteiger partial charge in [0.15, 0.2) is 0 Å². The molecule has 0 bridgehead atoms. The molecule has 3 aromatic carbocycles. The minimum atomic E-state index is -3.83. The van der Waals surface area contributed by atoms with Crippen LogP contribution in [0.1, 0.15) is 15.9 Å². The fourth-order valence-corrected chi connectivity index (χ4v) is 4.31. The van der Waals surface area contributed by atoms with Crippen molar-refractivity contribution in [2.24, 2.45) is 0 Å². The minimum Gasteiger partial charge on any atom is -0.497 e. The van der Waals surface area contributed by atoms with Gasteiger partial charge < -0.3 is 19.5 Å². The van der Waals surface area contributed by atoms with Crippen molar-refractivity contribution in [3.63, 3.8) is 0 Å². The zero-order valence-electron chi connectivity index (χ0n) is 20.5. The summed E-state index contributed by atoms with van der Waals surface area (Å²) in [5.41, 5.74) is 0.713. The predicted octanol–water partition coefficient (Wildman–Crippen LogP) is 3.39. The second kappa shape index (κ2) is 12.1. The highest BCUT2D eigenvalue weighted by Gasteiger charge is 2.24. The van der Waals surface area contributed by atoms with Crippen molar-refractivity contribution in [1.82, 2.24) is 5.32 Å². The Morgan fingerprint density at radius 3 is 2.32 bits per heavy atom. The van der Waals surface area contributed by atoms with Crippen LogP contribution in [0.2, 0.25) is 0 Å². The van der Waals surface area contributed by atoms with Crippen molar-refractivity contribution in [3.05, 3.63) is 88.0 Å². The summed E-state index contributed by atoms with van der Waals surface area (Å²) in [5, 5.41) is 14.0. The molecule has 0 atom stereocenters. The molecule has 0 unspecified atom stereocenters. The van der Waals surface area contributed by atoms with Gasteiger partial charge in [-0.1, -0.05) is 18.2 Å². The van der Waals surface area contributed by atoms with Crippen LogP contribution in [-0.2, 0) is 16.6 Å². The molecule has 0 aliphatic rings. The van der Waals surface area contributed by atoms with Gasteiger partial charge in [0.2, 0.25) is 10.0 Å². The van der Waals surface area contributed by atoms with Crippen molar-refractivity contribution < 1.29 is 32.3 Å². The number of hydrogen-bond donors (Lipinski definition) is 1. The van der Waals surface area contributed by atoms with Gasteiger partial charge in [-0.25, -0.2) is 8.42 Å². The van der Waals surface area contributed by atoms with E-state index in [-0.39, 0.29) is 42.7 Å². The fraction of sp³-hybridized carbons (Fsp3) is 0.240. The number of anilines is 1. The Labute approximate surface area is 214 Å². The number of carbonyl (C=O) groups is 1. The first-order valence-corrected chi connectivity index (χ1v) is 12.9. The third-order valence-electron chi connectivity index (χ3n) is 5.28. The number of nitrogens with zero attached hydrogens (tertiary/aromatic N) is 2. The molecule has 0 saturated heterocycles. The first kappa shape index (κ1) is 27.3. The topological polar surface area (TPSA) is 137 Å². The lowest BCUT2D eigenvalue weighted by Gasteiger charge is -2.24. The number of nitro benzene ring substituents is 1. The number of sulfonamides is 1. The zero-order valence-corrected chi connectivity index (χ0v) is 21.4. The molecule has 196 valence electrons. The monoisotopic (exact) mass is 529 g/mol. The third kappa shape index (κ3) is 7.34. The fourth-order valence-electron chi connectivity index (χ4n) is 3.42. The smallest absolute Gasteiger partial charge is 0.271 e. The molecule has 0 radical (unpaired) electrons. The first-order valence-electron chi connectivity index (χ1n) is 11.1. The normalized spacial score (nSPS) is 10.9. The first-order chi connectivity index (χ1) is 17.6. The van der Waals surface area contributed by atoms with Crippen LogP contribution in [-0.4, -0.2) is 52.9 Å². The highest BCUT2D eigenvalue weighted by atomic mass is 32.2. The molecule has 12 heteroatoms. The quantitative estimate of drug-likeness (QED) is 0.214. The number of rotatable bonds is 12. The van der Waals surface area contributed by atoms with Crippen LogP contribution >= 0.6 is 0 Å². The maximum atomic E-state index is 12.6. The summed E-state index contributed by atoms with van der Waals surface area (Å²) < 4.78 is 42.1. The summed E-state index contributed by atoms with van der Waals surface area (Å²) in [4.78, 5) is 23.1. The van der Waals surface area contributed by atoms with Gasteiger partial charge in [-0.3, -0.25) is 19.2 Å². The molecule has 37 heavy (non-hydrogen) atoms. The van der Waals surface area contributed by atoms with Gasteiger partial charge in [-0.15, -0.1) is 0 Å². The lowest BCUT2D eigenvalue weighted by atomic mass is 10.1. The van der Waals surface area contributed by atoms with Gasteiger partial charge in [0.25, 0.3) is 11.6 Å². The van der Waals surface area contributed by atoms with E-state index >= 15 is 0 Å². The molecule has 1 N–H and O–H groups in total. The minimum absolute atomic E-state index is 0.0389. The lowest BCUT2D eigenvalue weighted by Crippen LogP contribution is -2.30. The number of ether oxygens (including phenoxy) is 3. The number of nitro groups is 1. The van der Waals surface area contributed by atoms with Gasteiger partial charge in [-0.05, 0) is 35.9 Å². The largest absolute Gasteiger partial charge is 0.497 e. The Hall–Kier alpha value is -4.32. The van der Waals surface area contributed by atoms with Crippen LogP contribution in [0.5, 0.6) is 17.2 Å². The summed E-state index contributed by atoms with van der Waals surface area (Å²) >= 11 is 0. The molecule has 0 aromatic heterocycles. The highest BCUT2D eigenvalue weighted by molar-refractivity contribution is 7.92. The second-order valence-corrected chi connectivity index (χ2v) is 9.77. The molecule has 0 fully saturated rings. The van der Waals surface area contributed by atoms with Crippen molar-refractivity contribution >= 4 is 27.3 Å². The number of benzene rings is 3. The Morgan fingerprint density at radius 1 is 1.00 bits per heavy atom. The maximum absolute atomic E-state index is 12.6. The average Bonchev–Trinajstić information content (AvgIpc) is 2.89. The SMILES string of the molecule is COc1cccc(OCCNC(=O)c2ccc(CN(c3cc([N+](=O)[O-])ccc3OC)S(C)(=O)=O)cc2)c1. The molecule has 0 aliphatic carbocycles. The zero-order chi connectivity index (χ0) is 27.0. The van der Waals surface area contributed by atoms with E-state index in [1.165, 1.54) is 19.2 Å². The van der Waals surface area contributed by atoms with Gasteiger partial charge in [0.05, 0.1) is 38.5 Å². The molecule has 0 saturated carbocycles. The molecular weight excluding hydrogens is 502 g/mol. The second-order valence-electron chi connectivity index (χ2n) is 7.86. The summed E-state index contributed by atoms with van der Waals surface area (Å²) in [6.45, 7) is 0.407. The maximum Gasteiger partial charge on any atom is 0.271 e. The van der Waals surface area contributed by atoms with Crippen LogP contribution < -0.4 is 23.8 Å². The van der Waals surface area contributed by atoms with E-state index in [4.69, 9.17) is 14.2 Å². The molecule has 0 aliphatic heterocycles. The van der Waals surface area contributed by atoms with Crippen LogP contribution in [0.3, 0.4) is 0 Å². The van der Waals surface area contributed by atoms with Crippen LogP contribution in [0.25, 0.3) is 0 Å². The molecule has 1 amide bonds. The number of carbonyl (C=O) groups excluding carboxylic acids is 1. The van der Waals surface area contributed by atoms with E-state index < -0.39 is 14.9 Å². The van der Waals surface area contributed by atoms with E-state index in [9.17, 15) is 23.3 Å². The average molecular weight is 530 g/mol. The molecule has 0 heterocycles. The molecule has 3 rings (SSSR count). The van der Waals surface area contributed by atoms with E-state index in [1.807, 2.05) is 0 Å². The summed E-state index contributed by atoms with van der Waals surface area (Å²) in [6, 6.07) is 17.2. The van der Waals surface area contributed by atoms with Gasteiger partial charge in [0.1, 0.15) is 29.5 Å². The number of nitrogens with one attached hydrogen (secondary N) is 1. The van der Waals surface area contributed by atoms with Crippen LogP contribution in [0, 0.1) is 10.1 Å². The molecular formula is C25H27N3O8S. The number of amides is 1. The highest BCUT2D eigenvalue weighted by Crippen LogP contribution is 2.34. The summed E-state index contributed by atoms with van der Waals surface area (Å²) in [5.74, 6) is 1.14. The molecule has 0 spiro atoms. The number of hydrogen-bond acceptors (Lipinski definition) is 8. The Morgan fingerprint density at radius 2 is 1.70 bits per heavy atom. The van der Waals surface area contributed by atoms with Crippen LogP contribution in [0.4, 0.5) is 11.4 Å². The van der Waals surface area contributed by atoms with Crippen molar-refractivity contribution in [2.75, 3.05) is 37.9 Å². The van der Waals surface area contributed by atoms with Crippen LogP contribution in [0.15, 0.2) is 66.7 Å². The third-order valence-corrected chi connectivity index (χ3v) is 6.41. The van der Waals surface area contributed by atoms with Gasteiger partial charge >= 0.3 is 0 Å². The van der Waals surface area contributed by atoms with E-state index in [2.05, 4.69) is 5.32 Å². The standard InChI is InChI=1S/C25H27N3O8S/c1-34-21-5-4-6-22(16-21)36-14-13-26-25(29)19-9-7-18(8-10-19)17-27(37(3,32)33)23-15-20(28(30)31)11-12-24(23)35-2/h4-12,15-16H,13-14,17H2,1-3H3,(H,26,29). The van der Waals surface area contributed by atoms with Gasteiger partial charge in [-0.2, -0.15) is 0 Å². The van der Waals surface area contributed by atoms with Crippen molar-refractivity contribution in [1.29, 1.82) is 0 Å². The predicted molar refractivity (Wildman–Crippen MR) is 138 cm³/mol. The number of methoxy groups -OCH3 is 2. The lowest BCUT2D eigenvalue weighted by molar-refractivity contribution is -0.384. The Bertz CT molecular complexity index is 1360. The van der Waals surface area contributed by atoms with E-state index in [1.54, 1.807) is 55.6 Å². The number of non-ortho nitro benzene ring substituents is 1. The summed E-state index contributed by atoms with van der Waals surface area (Å²) in [6.07, 6.45) is 1.00. The molecule has 11 nitrogen and oxygen atoms in total. The van der Waals surface area contributed by atoms with Crippen molar-refractivity contribution in [3.8, 4) is 17.2 Å². The summed E-state index contributed by atoms with van der Waals surface area (Å²) in [7, 11) is -0.919. The molecule has 3 aromatic rings. The van der Waals surface area contributed by atoms with Gasteiger partial charge in [0, 0.05) is 23.8 Å². The Kier molecular flexibility index (Phi) is 8.90. The van der Waals surface area contributed by atoms with E-state index in [0.717, 1.165) is 16.6 Å². The van der Waals surface area contributed by atoms with Crippen molar-refractivity contribution in [2.45, 2.75) is 6.54 Å². The Balaban J connectivity index is 1.66. The van der Waals surface area contributed by atoms with E-state index in [0.29, 0.717) is 22.6 Å².